The largest absolute Gasteiger partial charge is 0.381 e. The molecule has 4 rings (SSSR count). The van der Waals surface area contributed by atoms with Gasteiger partial charge in [0.1, 0.15) is 11.1 Å². The molecule has 0 saturated carbocycles. The number of fused-ring (bicyclic) bond motifs is 2. The highest BCUT2D eigenvalue weighted by Crippen LogP contribution is 2.22. The zero-order chi connectivity index (χ0) is 18.3. The van der Waals surface area contributed by atoms with Crippen LogP contribution in [0.4, 0.5) is 5.82 Å². The average Bonchev–Trinajstić information content (AvgIpc) is 3.22. The van der Waals surface area contributed by atoms with Gasteiger partial charge in [-0.2, -0.15) is 4.52 Å². The Morgan fingerprint density at radius 2 is 2.19 bits per heavy atom. The predicted octanol–water partition coefficient (Wildman–Crippen LogP) is 0.683. The van der Waals surface area contributed by atoms with Gasteiger partial charge >= 0.3 is 0 Å². The number of nitrogens with zero attached hydrogens (tertiary/aromatic N) is 4. The van der Waals surface area contributed by atoms with Crippen LogP contribution in [0.1, 0.15) is 23.7 Å². The Bertz CT molecular complexity index is 1190. The molecule has 10 heteroatoms. The number of aromatic amines is 2. The number of hydrogen-bond acceptors (Lipinski definition) is 6. The van der Waals surface area contributed by atoms with Gasteiger partial charge in [-0.15, -0.1) is 10.2 Å². The van der Waals surface area contributed by atoms with Crippen LogP contribution in [-0.2, 0) is 0 Å². The Hall–Kier alpha value is -3.69. The van der Waals surface area contributed by atoms with Gasteiger partial charge in [0.05, 0.1) is 11.2 Å². The van der Waals surface area contributed by atoms with E-state index in [0.29, 0.717) is 17.8 Å². The van der Waals surface area contributed by atoms with Crippen molar-refractivity contribution in [1.29, 1.82) is 0 Å². The second kappa shape index (κ2) is 5.99. The van der Waals surface area contributed by atoms with Gasteiger partial charge in [0.15, 0.2) is 11.5 Å². The molecular formula is C16H16N8O2. The monoisotopic (exact) mass is 352 g/mol. The highest BCUT2D eigenvalue weighted by atomic mass is 16.2. The molecule has 0 bridgehead atoms. The lowest BCUT2D eigenvalue weighted by atomic mass is 10.1. The summed E-state index contributed by atoms with van der Waals surface area (Å²) in [5.41, 5.74) is 8.58. The van der Waals surface area contributed by atoms with E-state index in [4.69, 9.17) is 5.73 Å². The Balaban J connectivity index is 1.89. The lowest BCUT2D eigenvalue weighted by Crippen LogP contribution is -2.25. The van der Waals surface area contributed by atoms with Crippen LogP contribution in [-0.4, -0.2) is 42.5 Å². The Morgan fingerprint density at radius 1 is 1.35 bits per heavy atom. The van der Waals surface area contributed by atoms with Crippen molar-refractivity contribution in [3.05, 3.63) is 40.2 Å². The maximum Gasteiger partial charge on any atom is 0.274 e. The third kappa shape index (κ3) is 2.48. The number of carbonyl (C=O) groups excluding carboxylic acids is 1. The van der Waals surface area contributed by atoms with Gasteiger partial charge in [-0.1, -0.05) is 18.2 Å². The van der Waals surface area contributed by atoms with E-state index in [0.717, 1.165) is 22.0 Å². The smallest absolute Gasteiger partial charge is 0.274 e. The van der Waals surface area contributed by atoms with Crippen molar-refractivity contribution in [2.24, 2.45) is 0 Å². The van der Waals surface area contributed by atoms with Gasteiger partial charge in [0.2, 0.25) is 0 Å². The molecule has 1 amide bonds. The lowest BCUT2D eigenvalue weighted by Gasteiger charge is -2.05. The molecule has 0 saturated heterocycles. The molecular weight excluding hydrogens is 336 g/mol. The van der Waals surface area contributed by atoms with Crippen molar-refractivity contribution in [2.75, 3.05) is 12.3 Å². The zero-order valence-electron chi connectivity index (χ0n) is 13.9. The molecule has 0 aliphatic rings. The average molecular weight is 352 g/mol. The van der Waals surface area contributed by atoms with Crippen molar-refractivity contribution in [1.82, 2.24) is 35.3 Å². The number of H-pyrrole nitrogens is 2. The summed E-state index contributed by atoms with van der Waals surface area (Å²) in [6, 6.07) is 6.82. The maximum absolute atomic E-state index is 12.4. The third-order valence-corrected chi connectivity index (χ3v) is 4.04. The molecule has 132 valence electrons. The Morgan fingerprint density at radius 3 is 3.00 bits per heavy atom. The molecule has 0 radical (unpaired) electrons. The summed E-state index contributed by atoms with van der Waals surface area (Å²) < 4.78 is 1.09. The molecule has 4 aromatic rings. The van der Waals surface area contributed by atoms with E-state index in [1.54, 1.807) is 6.07 Å². The number of nitrogens with two attached hydrogens (primary N) is 1. The first kappa shape index (κ1) is 15.8. The lowest BCUT2D eigenvalue weighted by molar-refractivity contribution is 0.0956. The molecule has 0 fully saturated rings. The summed E-state index contributed by atoms with van der Waals surface area (Å²) in [4.78, 5) is 27.9. The fraction of sp³-hybridized carbons (Fsp3) is 0.188. The molecule has 26 heavy (non-hydrogen) atoms. The Kier molecular flexibility index (Phi) is 3.64. The van der Waals surface area contributed by atoms with Crippen LogP contribution in [0.5, 0.6) is 0 Å². The van der Waals surface area contributed by atoms with Crippen molar-refractivity contribution in [2.45, 2.75) is 13.3 Å². The van der Waals surface area contributed by atoms with E-state index in [2.05, 4.69) is 30.8 Å². The number of aromatic nitrogens is 6. The highest BCUT2D eigenvalue weighted by Gasteiger charge is 2.20. The van der Waals surface area contributed by atoms with E-state index in [-0.39, 0.29) is 22.9 Å². The van der Waals surface area contributed by atoms with Crippen molar-refractivity contribution >= 4 is 28.4 Å². The molecule has 1 aromatic carbocycles. The summed E-state index contributed by atoms with van der Waals surface area (Å²) >= 11 is 0. The van der Waals surface area contributed by atoms with Crippen LogP contribution in [0.2, 0.25) is 0 Å². The van der Waals surface area contributed by atoms with Crippen LogP contribution >= 0.6 is 0 Å². The van der Waals surface area contributed by atoms with Crippen LogP contribution in [0.25, 0.3) is 27.9 Å². The van der Waals surface area contributed by atoms with E-state index in [1.165, 1.54) is 6.07 Å². The first-order valence-corrected chi connectivity index (χ1v) is 8.09. The number of nitrogen functional groups attached to an aromatic ring is 1. The van der Waals surface area contributed by atoms with Crippen LogP contribution in [0.15, 0.2) is 29.1 Å². The second-order valence-corrected chi connectivity index (χ2v) is 5.84. The number of nitrogens with one attached hydrogen (secondary N) is 3. The van der Waals surface area contributed by atoms with Gasteiger partial charge in [-0.05, 0) is 18.6 Å². The topological polar surface area (TPSA) is 147 Å². The van der Waals surface area contributed by atoms with E-state index >= 15 is 0 Å². The first-order chi connectivity index (χ1) is 12.6. The normalized spacial score (nSPS) is 11.3. The van der Waals surface area contributed by atoms with Crippen molar-refractivity contribution in [3.63, 3.8) is 0 Å². The molecule has 10 nitrogen and oxygen atoms in total. The van der Waals surface area contributed by atoms with Gasteiger partial charge in [0, 0.05) is 18.2 Å². The molecule has 0 spiro atoms. The molecule has 0 aliphatic heterocycles. The maximum atomic E-state index is 12.4. The summed E-state index contributed by atoms with van der Waals surface area (Å²) in [5, 5.41) is 17.2. The van der Waals surface area contributed by atoms with Crippen LogP contribution in [0.3, 0.4) is 0 Å². The minimum Gasteiger partial charge on any atom is -0.381 e. The fourth-order valence-corrected chi connectivity index (χ4v) is 2.77. The molecule has 3 heterocycles. The van der Waals surface area contributed by atoms with Gasteiger partial charge in [-0.25, -0.2) is 0 Å². The number of hydrogen-bond donors (Lipinski definition) is 4. The quantitative estimate of drug-likeness (QED) is 0.425. The van der Waals surface area contributed by atoms with Crippen LogP contribution in [0, 0.1) is 0 Å². The van der Waals surface area contributed by atoms with Crippen LogP contribution < -0.4 is 16.6 Å². The molecule has 0 aliphatic carbocycles. The third-order valence-electron chi connectivity index (χ3n) is 4.04. The fourth-order valence-electron chi connectivity index (χ4n) is 2.77. The van der Waals surface area contributed by atoms with E-state index in [9.17, 15) is 9.59 Å². The number of amides is 1. The minimum absolute atomic E-state index is 0.00365. The number of benzene rings is 1. The summed E-state index contributed by atoms with van der Waals surface area (Å²) in [6.07, 6.45) is 0.782. The van der Waals surface area contributed by atoms with Gasteiger partial charge < -0.3 is 16.0 Å². The van der Waals surface area contributed by atoms with E-state index in [1.807, 2.05) is 19.1 Å². The minimum atomic E-state index is -0.393. The van der Waals surface area contributed by atoms with Crippen molar-refractivity contribution < 1.29 is 4.79 Å². The van der Waals surface area contributed by atoms with E-state index < -0.39 is 5.56 Å². The zero-order valence-corrected chi connectivity index (χ0v) is 13.9. The highest BCUT2D eigenvalue weighted by molar-refractivity contribution is 6.04. The summed E-state index contributed by atoms with van der Waals surface area (Å²) in [5.74, 6) is -0.379. The van der Waals surface area contributed by atoms with Gasteiger partial charge in [-0.3, -0.25) is 14.7 Å². The number of carbonyl (C=O) groups is 1. The Labute approximate surface area is 146 Å². The first-order valence-electron chi connectivity index (χ1n) is 8.09. The second-order valence-electron chi connectivity index (χ2n) is 5.84. The molecule has 0 unspecified atom stereocenters. The SMILES string of the molecule is CCCNC(=O)c1c(N)nn2c(=O)cc(-c3ccc4[nH]nnc4c3)[nH]c12. The predicted molar refractivity (Wildman–Crippen MR) is 95.7 cm³/mol. The standard InChI is InChI=1S/C16H16N8O2/c1-2-5-18-16(26)13-14(17)22-24-12(25)7-10(19-15(13)24)8-3-4-9-11(6-8)21-23-20-9/h3-4,6-7,19H,2,5H2,1H3,(H2,17,22)(H,18,26)(H,20,21,23). The summed E-state index contributed by atoms with van der Waals surface area (Å²) in [6.45, 7) is 2.45. The molecule has 3 aromatic heterocycles. The number of anilines is 1. The summed E-state index contributed by atoms with van der Waals surface area (Å²) in [7, 11) is 0. The number of rotatable bonds is 4. The van der Waals surface area contributed by atoms with Crippen molar-refractivity contribution in [3.8, 4) is 11.3 Å². The molecule has 0 atom stereocenters. The van der Waals surface area contributed by atoms with Gasteiger partial charge in [0.25, 0.3) is 11.5 Å². The molecule has 5 N–H and O–H groups in total.